The quantitative estimate of drug-likeness (QED) is 0.710. The van der Waals surface area contributed by atoms with Crippen molar-refractivity contribution in [3.63, 3.8) is 0 Å². The highest BCUT2D eigenvalue weighted by Crippen LogP contribution is 2.33. The molecule has 1 aliphatic carbocycles. The minimum absolute atomic E-state index is 0.261. The van der Waals surface area contributed by atoms with E-state index in [1.165, 1.54) is 32.1 Å². The summed E-state index contributed by atoms with van der Waals surface area (Å²) in [6.07, 6.45) is 7.85. The molecule has 3 aromatic rings. The van der Waals surface area contributed by atoms with Crippen LogP contribution in [0.4, 0.5) is 0 Å². The Morgan fingerprint density at radius 2 is 2.00 bits per heavy atom. The summed E-state index contributed by atoms with van der Waals surface area (Å²) in [4.78, 5) is 16.8. The van der Waals surface area contributed by atoms with Crippen molar-refractivity contribution in [1.82, 2.24) is 35.5 Å². The minimum Gasteiger partial charge on any atom is -0.344 e. The van der Waals surface area contributed by atoms with Crippen LogP contribution in [-0.4, -0.2) is 36.1 Å². The Hall–Kier alpha value is -2.68. The summed E-state index contributed by atoms with van der Waals surface area (Å²) in [5, 5.41) is 21.4. The lowest BCUT2D eigenvalue weighted by atomic mass is 9.90. The van der Waals surface area contributed by atoms with Crippen LogP contribution in [-0.2, 0) is 6.54 Å². The zero-order valence-corrected chi connectivity index (χ0v) is 16.9. The van der Waals surface area contributed by atoms with E-state index in [9.17, 15) is 4.79 Å². The van der Waals surface area contributed by atoms with E-state index in [2.05, 4.69) is 30.8 Å². The van der Waals surface area contributed by atoms with E-state index in [0.29, 0.717) is 12.5 Å². The third-order valence-corrected chi connectivity index (χ3v) is 6.09. The van der Waals surface area contributed by atoms with Gasteiger partial charge in [-0.2, -0.15) is 0 Å². The number of hydrogen-bond donors (Lipinski definition) is 1. The standard InChI is InChI=1S/C19H23N7OS/c1-12-8-9-16(13(2)21-12)26-11-15(22-25-26)18(27)20-10-17-23-24-19(28-17)14-6-4-3-5-7-14/h8-9,11,14H,3-7,10H2,1-2H3,(H,20,27). The second-order valence-electron chi connectivity index (χ2n) is 7.16. The van der Waals surface area contributed by atoms with E-state index in [-0.39, 0.29) is 11.6 Å². The van der Waals surface area contributed by atoms with Gasteiger partial charge < -0.3 is 5.32 Å². The van der Waals surface area contributed by atoms with Gasteiger partial charge in [0.1, 0.15) is 10.0 Å². The van der Waals surface area contributed by atoms with E-state index in [1.807, 2.05) is 26.0 Å². The molecule has 146 valence electrons. The van der Waals surface area contributed by atoms with Gasteiger partial charge in [-0.25, -0.2) is 4.68 Å². The molecule has 28 heavy (non-hydrogen) atoms. The molecular formula is C19H23N7OS. The molecule has 0 saturated heterocycles. The van der Waals surface area contributed by atoms with Crippen LogP contribution < -0.4 is 5.32 Å². The summed E-state index contributed by atoms with van der Waals surface area (Å²) in [5.74, 6) is 0.250. The fraction of sp³-hybridized carbons (Fsp3) is 0.474. The van der Waals surface area contributed by atoms with Crippen molar-refractivity contribution in [3.05, 3.63) is 45.4 Å². The van der Waals surface area contributed by atoms with E-state index >= 15 is 0 Å². The van der Waals surface area contributed by atoms with Crippen LogP contribution in [0.2, 0.25) is 0 Å². The first-order chi connectivity index (χ1) is 13.6. The van der Waals surface area contributed by atoms with Crippen LogP contribution in [0.1, 0.15) is 69.9 Å². The van der Waals surface area contributed by atoms with Gasteiger partial charge in [0.25, 0.3) is 5.91 Å². The minimum atomic E-state index is -0.279. The van der Waals surface area contributed by atoms with Crippen LogP contribution in [0.25, 0.3) is 5.69 Å². The monoisotopic (exact) mass is 397 g/mol. The fourth-order valence-corrected chi connectivity index (χ4v) is 4.46. The molecule has 1 amide bonds. The molecule has 0 unspecified atom stereocenters. The summed E-state index contributed by atoms with van der Waals surface area (Å²) in [7, 11) is 0. The number of amides is 1. The Balaban J connectivity index is 1.38. The van der Waals surface area contributed by atoms with Crippen LogP contribution in [0.15, 0.2) is 18.3 Å². The fourth-order valence-electron chi connectivity index (χ4n) is 3.51. The average molecular weight is 398 g/mol. The SMILES string of the molecule is Cc1ccc(-n2cc(C(=O)NCc3nnc(C4CCCCC4)s3)nn2)c(C)n1. The van der Waals surface area contributed by atoms with Crippen molar-refractivity contribution >= 4 is 17.2 Å². The lowest BCUT2D eigenvalue weighted by Gasteiger charge is -2.18. The Morgan fingerprint density at radius 1 is 1.18 bits per heavy atom. The molecule has 9 heteroatoms. The maximum absolute atomic E-state index is 12.4. The van der Waals surface area contributed by atoms with Crippen molar-refractivity contribution < 1.29 is 4.79 Å². The van der Waals surface area contributed by atoms with Gasteiger partial charge in [-0.05, 0) is 38.8 Å². The molecule has 3 aromatic heterocycles. The number of nitrogens with one attached hydrogen (secondary N) is 1. The summed E-state index contributed by atoms with van der Waals surface area (Å²) < 4.78 is 1.57. The van der Waals surface area contributed by atoms with Crippen LogP contribution in [0.5, 0.6) is 0 Å². The van der Waals surface area contributed by atoms with Gasteiger partial charge in [0.05, 0.1) is 24.1 Å². The highest BCUT2D eigenvalue weighted by atomic mass is 32.1. The Labute approximate surface area is 167 Å². The molecule has 1 aliphatic rings. The number of rotatable bonds is 5. The molecule has 1 fully saturated rings. The first-order valence-corrected chi connectivity index (χ1v) is 10.4. The number of pyridine rings is 1. The van der Waals surface area contributed by atoms with Crippen LogP contribution in [0, 0.1) is 13.8 Å². The number of aromatic nitrogens is 6. The number of hydrogen-bond acceptors (Lipinski definition) is 7. The van der Waals surface area contributed by atoms with Crippen molar-refractivity contribution in [1.29, 1.82) is 0 Å². The molecule has 0 aliphatic heterocycles. The normalized spacial score (nSPS) is 14.9. The molecule has 8 nitrogen and oxygen atoms in total. The molecule has 0 radical (unpaired) electrons. The predicted octanol–water partition coefficient (Wildman–Crippen LogP) is 3.11. The molecule has 1 saturated carbocycles. The molecule has 0 bridgehead atoms. The van der Waals surface area contributed by atoms with Crippen LogP contribution in [0.3, 0.4) is 0 Å². The molecule has 1 N–H and O–H groups in total. The average Bonchev–Trinajstić information content (AvgIpc) is 3.37. The molecule has 0 spiro atoms. The maximum Gasteiger partial charge on any atom is 0.273 e. The molecular weight excluding hydrogens is 374 g/mol. The number of carbonyl (C=O) groups excluding carboxylic acids is 1. The highest BCUT2D eigenvalue weighted by Gasteiger charge is 2.20. The summed E-state index contributed by atoms with van der Waals surface area (Å²) in [5.41, 5.74) is 2.83. The van der Waals surface area contributed by atoms with Crippen LogP contribution >= 0.6 is 11.3 Å². The molecule has 4 rings (SSSR count). The lowest BCUT2D eigenvalue weighted by Crippen LogP contribution is -2.23. The van der Waals surface area contributed by atoms with E-state index in [0.717, 1.165) is 27.1 Å². The molecule has 3 heterocycles. The van der Waals surface area contributed by atoms with Gasteiger partial charge in [0.2, 0.25) is 0 Å². The molecule has 0 aromatic carbocycles. The highest BCUT2D eigenvalue weighted by molar-refractivity contribution is 7.11. The third kappa shape index (κ3) is 4.09. The summed E-state index contributed by atoms with van der Waals surface area (Å²) in [6, 6.07) is 3.82. The largest absolute Gasteiger partial charge is 0.344 e. The van der Waals surface area contributed by atoms with Crippen molar-refractivity contribution in [3.8, 4) is 5.69 Å². The first-order valence-electron chi connectivity index (χ1n) is 9.57. The summed E-state index contributed by atoms with van der Waals surface area (Å²) in [6.45, 7) is 4.19. The Kier molecular flexibility index (Phi) is 5.43. The number of aryl methyl sites for hydroxylation is 2. The second kappa shape index (κ2) is 8.14. The van der Waals surface area contributed by atoms with Gasteiger partial charge >= 0.3 is 0 Å². The zero-order valence-electron chi connectivity index (χ0n) is 16.1. The number of carbonyl (C=O) groups is 1. The summed E-state index contributed by atoms with van der Waals surface area (Å²) >= 11 is 1.60. The van der Waals surface area contributed by atoms with Gasteiger partial charge in [0, 0.05) is 11.6 Å². The number of nitrogens with zero attached hydrogens (tertiary/aromatic N) is 6. The lowest BCUT2D eigenvalue weighted by molar-refractivity contribution is 0.0945. The topological polar surface area (TPSA) is 98.5 Å². The molecule has 0 atom stereocenters. The predicted molar refractivity (Wildman–Crippen MR) is 106 cm³/mol. The zero-order chi connectivity index (χ0) is 19.5. The van der Waals surface area contributed by atoms with Crippen molar-refractivity contribution in [2.75, 3.05) is 0 Å². The second-order valence-corrected chi connectivity index (χ2v) is 8.25. The first kappa shape index (κ1) is 18.7. The third-order valence-electron chi connectivity index (χ3n) is 5.01. The Morgan fingerprint density at radius 3 is 2.79 bits per heavy atom. The van der Waals surface area contributed by atoms with Gasteiger partial charge in [0.15, 0.2) is 5.69 Å². The maximum atomic E-state index is 12.4. The van der Waals surface area contributed by atoms with Gasteiger partial charge in [-0.1, -0.05) is 35.8 Å². The van der Waals surface area contributed by atoms with Gasteiger partial charge in [-0.15, -0.1) is 15.3 Å². The smallest absolute Gasteiger partial charge is 0.273 e. The van der Waals surface area contributed by atoms with E-state index < -0.39 is 0 Å². The van der Waals surface area contributed by atoms with E-state index in [4.69, 9.17) is 0 Å². The van der Waals surface area contributed by atoms with E-state index in [1.54, 1.807) is 22.2 Å². The Bertz CT molecular complexity index is 974. The van der Waals surface area contributed by atoms with Crippen molar-refractivity contribution in [2.45, 2.75) is 58.4 Å². The van der Waals surface area contributed by atoms with Crippen molar-refractivity contribution in [2.24, 2.45) is 0 Å². The van der Waals surface area contributed by atoms with Gasteiger partial charge in [-0.3, -0.25) is 9.78 Å².